The Morgan fingerprint density at radius 3 is 2.64 bits per heavy atom. The minimum absolute atomic E-state index is 0.571. The highest BCUT2D eigenvalue weighted by Gasteiger charge is 2.04. The fourth-order valence-corrected chi connectivity index (χ4v) is 2.83. The quantitative estimate of drug-likeness (QED) is 0.312. The van der Waals surface area contributed by atoms with E-state index in [1.807, 2.05) is 19.2 Å². The van der Waals surface area contributed by atoms with Crippen LogP contribution in [0.3, 0.4) is 0 Å². The maximum absolute atomic E-state index is 5.57. The highest BCUT2D eigenvalue weighted by molar-refractivity contribution is 5.79. The molecule has 0 heterocycles. The molecule has 0 atom stereocenters. The van der Waals surface area contributed by atoms with Gasteiger partial charge < -0.3 is 20.1 Å². The van der Waals surface area contributed by atoms with Crippen molar-refractivity contribution in [1.29, 1.82) is 0 Å². The van der Waals surface area contributed by atoms with Crippen molar-refractivity contribution in [2.45, 2.75) is 38.6 Å². The van der Waals surface area contributed by atoms with Crippen molar-refractivity contribution in [2.75, 3.05) is 33.9 Å². The first-order chi connectivity index (χ1) is 12.3. The Hall–Kier alpha value is -2.01. The van der Waals surface area contributed by atoms with Crippen molar-refractivity contribution < 1.29 is 9.47 Å². The molecule has 0 unspecified atom stereocenters. The second kappa shape index (κ2) is 11.5. The lowest BCUT2D eigenvalue weighted by atomic mass is 9.97. The zero-order valence-corrected chi connectivity index (χ0v) is 15.5. The number of benzene rings is 1. The van der Waals surface area contributed by atoms with Crippen molar-refractivity contribution in [3.05, 3.63) is 41.5 Å². The van der Waals surface area contributed by atoms with Gasteiger partial charge in [-0.25, -0.2) is 0 Å². The molecule has 5 nitrogen and oxygen atoms in total. The van der Waals surface area contributed by atoms with Gasteiger partial charge in [0, 0.05) is 27.2 Å². The van der Waals surface area contributed by atoms with Gasteiger partial charge >= 0.3 is 0 Å². The van der Waals surface area contributed by atoms with E-state index in [0.29, 0.717) is 13.2 Å². The Labute approximate surface area is 151 Å². The molecule has 1 aliphatic carbocycles. The van der Waals surface area contributed by atoms with Crippen molar-refractivity contribution in [2.24, 2.45) is 4.99 Å². The van der Waals surface area contributed by atoms with Crippen LogP contribution in [-0.4, -0.2) is 39.9 Å². The molecule has 0 aliphatic heterocycles. The van der Waals surface area contributed by atoms with Crippen molar-refractivity contribution in [3.8, 4) is 5.75 Å². The lowest BCUT2D eigenvalue weighted by molar-refractivity contribution is 0.146. The molecule has 5 heteroatoms. The van der Waals surface area contributed by atoms with Gasteiger partial charge in [0.2, 0.25) is 0 Å². The number of allylic oxidation sites excluding steroid dienone is 1. The van der Waals surface area contributed by atoms with E-state index in [0.717, 1.165) is 31.2 Å². The zero-order chi connectivity index (χ0) is 17.7. The number of hydrogen-bond donors (Lipinski definition) is 2. The van der Waals surface area contributed by atoms with E-state index in [-0.39, 0.29) is 0 Å². The minimum atomic E-state index is 0.571. The summed E-state index contributed by atoms with van der Waals surface area (Å²) in [5.74, 6) is 1.71. The number of aliphatic imine (C=N–C) groups is 1. The van der Waals surface area contributed by atoms with E-state index < -0.39 is 0 Å². The van der Waals surface area contributed by atoms with Crippen LogP contribution >= 0.6 is 0 Å². The Balaban J connectivity index is 1.68. The number of nitrogens with one attached hydrogen (secondary N) is 2. The molecule has 25 heavy (non-hydrogen) atoms. The van der Waals surface area contributed by atoms with Crippen molar-refractivity contribution >= 4 is 5.96 Å². The maximum atomic E-state index is 5.57. The molecular weight excluding hydrogens is 314 g/mol. The molecule has 0 radical (unpaired) electrons. The molecule has 1 aromatic rings. The summed E-state index contributed by atoms with van der Waals surface area (Å²) in [4.78, 5) is 4.29. The van der Waals surface area contributed by atoms with Crippen LogP contribution in [0.2, 0.25) is 0 Å². The van der Waals surface area contributed by atoms with Crippen LogP contribution in [0, 0.1) is 0 Å². The van der Waals surface area contributed by atoms with E-state index >= 15 is 0 Å². The SMILES string of the molecule is CN=C(NCCC1=CCCCC1)NCc1ccc(OCCOC)cc1. The number of nitrogens with zero attached hydrogens (tertiary/aromatic N) is 1. The summed E-state index contributed by atoms with van der Waals surface area (Å²) in [5, 5.41) is 6.75. The van der Waals surface area contributed by atoms with E-state index in [1.54, 1.807) is 12.7 Å². The average molecular weight is 345 g/mol. The number of rotatable bonds is 9. The molecule has 0 bridgehead atoms. The fraction of sp³-hybridized carbons (Fsp3) is 0.550. The molecule has 0 fully saturated rings. The minimum Gasteiger partial charge on any atom is -0.491 e. The van der Waals surface area contributed by atoms with E-state index in [9.17, 15) is 0 Å². The van der Waals surface area contributed by atoms with Crippen LogP contribution in [0.1, 0.15) is 37.7 Å². The Morgan fingerprint density at radius 2 is 1.96 bits per heavy atom. The number of ether oxygens (including phenoxy) is 2. The van der Waals surface area contributed by atoms with Crippen LogP contribution in [0.4, 0.5) is 0 Å². The molecule has 0 amide bonds. The second-order valence-electron chi connectivity index (χ2n) is 6.20. The summed E-state index contributed by atoms with van der Waals surface area (Å²) in [6.45, 7) is 2.84. The lowest BCUT2D eigenvalue weighted by Crippen LogP contribution is -2.37. The van der Waals surface area contributed by atoms with Crippen LogP contribution in [0.15, 0.2) is 40.9 Å². The van der Waals surface area contributed by atoms with Gasteiger partial charge in [-0.15, -0.1) is 0 Å². The first-order valence-corrected chi connectivity index (χ1v) is 9.15. The van der Waals surface area contributed by atoms with Gasteiger partial charge in [-0.05, 0) is 49.8 Å². The van der Waals surface area contributed by atoms with Gasteiger partial charge in [0.25, 0.3) is 0 Å². The largest absolute Gasteiger partial charge is 0.491 e. The van der Waals surface area contributed by atoms with E-state index in [2.05, 4.69) is 33.8 Å². The molecule has 1 aliphatic rings. The lowest BCUT2D eigenvalue weighted by Gasteiger charge is -2.15. The Bertz CT molecular complexity index is 553. The molecule has 138 valence electrons. The maximum Gasteiger partial charge on any atom is 0.191 e. The van der Waals surface area contributed by atoms with Gasteiger partial charge in [-0.3, -0.25) is 4.99 Å². The van der Waals surface area contributed by atoms with E-state index in [1.165, 1.54) is 31.2 Å². The number of guanidine groups is 1. The number of hydrogen-bond acceptors (Lipinski definition) is 3. The highest BCUT2D eigenvalue weighted by atomic mass is 16.5. The summed E-state index contributed by atoms with van der Waals surface area (Å²) in [6, 6.07) is 8.10. The molecule has 1 aromatic carbocycles. The smallest absolute Gasteiger partial charge is 0.191 e. The van der Waals surface area contributed by atoms with E-state index in [4.69, 9.17) is 9.47 Å². The van der Waals surface area contributed by atoms with Crippen LogP contribution < -0.4 is 15.4 Å². The molecule has 2 rings (SSSR count). The predicted octanol–water partition coefficient (Wildman–Crippen LogP) is 3.27. The van der Waals surface area contributed by atoms with Crippen LogP contribution in [0.5, 0.6) is 5.75 Å². The zero-order valence-electron chi connectivity index (χ0n) is 15.5. The fourth-order valence-electron chi connectivity index (χ4n) is 2.83. The van der Waals surface area contributed by atoms with Gasteiger partial charge in [0.05, 0.1) is 6.61 Å². The topological polar surface area (TPSA) is 54.9 Å². The third-order valence-corrected chi connectivity index (χ3v) is 4.29. The predicted molar refractivity (Wildman–Crippen MR) is 103 cm³/mol. The molecule has 0 aromatic heterocycles. The third kappa shape index (κ3) is 7.61. The van der Waals surface area contributed by atoms with Crippen molar-refractivity contribution in [1.82, 2.24) is 10.6 Å². The Morgan fingerprint density at radius 1 is 1.12 bits per heavy atom. The monoisotopic (exact) mass is 345 g/mol. The van der Waals surface area contributed by atoms with Gasteiger partial charge in [-0.2, -0.15) is 0 Å². The molecule has 0 spiro atoms. The average Bonchev–Trinajstić information content (AvgIpc) is 2.66. The summed E-state index contributed by atoms with van der Waals surface area (Å²) in [5.41, 5.74) is 2.77. The highest BCUT2D eigenvalue weighted by Crippen LogP contribution is 2.19. The molecular formula is C20H31N3O2. The van der Waals surface area contributed by atoms with Gasteiger partial charge in [0.15, 0.2) is 5.96 Å². The first-order valence-electron chi connectivity index (χ1n) is 9.15. The summed E-state index contributed by atoms with van der Waals surface area (Å²) >= 11 is 0. The summed E-state index contributed by atoms with van der Waals surface area (Å²) in [6.07, 6.45) is 8.69. The summed E-state index contributed by atoms with van der Waals surface area (Å²) in [7, 11) is 3.48. The molecule has 2 N–H and O–H groups in total. The van der Waals surface area contributed by atoms with Crippen LogP contribution in [-0.2, 0) is 11.3 Å². The second-order valence-corrected chi connectivity index (χ2v) is 6.20. The molecule has 0 saturated carbocycles. The van der Waals surface area contributed by atoms with Crippen molar-refractivity contribution in [3.63, 3.8) is 0 Å². The van der Waals surface area contributed by atoms with Gasteiger partial charge in [0.1, 0.15) is 12.4 Å². The van der Waals surface area contributed by atoms with Crippen LogP contribution in [0.25, 0.3) is 0 Å². The Kier molecular flexibility index (Phi) is 8.91. The summed E-state index contributed by atoms with van der Waals surface area (Å²) < 4.78 is 10.5. The number of methoxy groups -OCH3 is 1. The third-order valence-electron chi connectivity index (χ3n) is 4.29. The van der Waals surface area contributed by atoms with Gasteiger partial charge in [-0.1, -0.05) is 23.8 Å². The first kappa shape index (κ1) is 19.3. The molecule has 0 saturated heterocycles. The normalized spacial score (nSPS) is 14.8. The standard InChI is InChI=1S/C20H31N3O2/c1-21-20(22-13-12-17-6-4-3-5-7-17)23-16-18-8-10-19(11-9-18)25-15-14-24-2/h6,8-11H,3-5,7,12-16H2,1-2H3,(H2,21,22,23).